The molecule has 0 spiro atoms. The monoisotopic (exact) mass is 248 g/mol. The number of nitrogens with zero attached hydrogens (tertiary/aromatic N) is 1. The van der Waals surface area contributed by atoms with Gasteiger partial charge in [-0.15, -0.1) is 0 Å². The van der Waals surface area contributed by atoms with Gasteiger partial charge in [0.25, 0.3) is 0 Å². The molecule has 0 fully saturated rings. The van der Waals surface area contributed by atoms with Crippen LogP contribution in [0.1, 0.15) is 16.7 Å². The third kappa shape index (κ3) is 2.35. The third-order valence-electron chi connectivity index (χ3n) is 2.94. The molecule has 3 heteroatoms. The largest absolute Gasteiger partial charge is 0.392 e. The fourth-order valence-corrected chi connectivity index (χ4v) is 1.90. The Morgan fingerprint density at radius 3 is 2.68 bits per heavy atom. The van der Waals surface area contributed by atoms with E-state index in [1.54, 1.807) is 6.20 Å². The maximum absolute atomic E-state index is 8.98. The smallest absolute Gasteiger partial charge is 0.138 e. The quantitative estimate of drug-likeness (QED) is 0.650. The zero-order valence-electron chi connectivity index (χ0n) is 10.2. The molecule has 3 rings (SSSR count). The molecule has 2 heterocycles. The van der Waals surface area contributed by atoms with E-state index in [1.165, 1.54) is 0 Å². The first-order valence-corrected chi connectivity index (χ1v) is 6.01. The molecule has 0 aliphatic rings. The van der Waals surface area contributed by atoms with Crippen molar-refractivity contribution in [2.75, 3.05) is 0 Å². The van der Waals surface area contributed by atoms with Gasteiger partial charge in [-0.25, -0.2) is 4.98 Å². The van der Waals surface area contributed by atoms with E-state index in [9.17, 15) is 0 Å². The summed E-state index contributed by atoms with van der Waals surface area (Å²) in [7, 11) is 0. The Balaban J connectivity index is 1.96. The van der Waals surface area contributed by atoms with E-state index in [0.717, 1.165) is 27.7 Å². The Bertz CT molecular complexity index is 761. The summed E-state index contributed by atoms with van der Waals surface area (Å²) in [5.74, 6) is 6.28. The summed E-state index contributed by atoms with van der Waals surface area (Å²) in [4.78, 5) is 7.29. The minimum Gasteiger partial charge on any atom is -0.392 e. The maximum atomic E-state index is 8.98. The molecule has 3 nitrogen and oxygen atoms in total. The fraction of sp³-hybridized carbons (Fsp3) is 0.0625. The van der Waals surface area contributed by atoms with Crippen LogP contribution < -0.4 is 0 Å². The second kappa shape index (κ2) is 4.97. The number of aromatic amines is 1. The Morgan fingerprint density at radius 1 is 1.05 bits per heavy atom. The maximum Gasteiger partial charge on any atom is 0.138 e. The van der Waals surface area contributed by atoms with Crippen molar-refractivity contribution >= 4 is 11.0 Å². The lowest BCUT2D eigenvalue weighted by atomic mass is 10.1. The molecule has 0 saturated heterocycles. The van der Waals surface area contributed by atoms with Crippen molar-refractivity contribution in [3.05, 3.63) is 65.5 Å². The Hall–Kier alpha value is -2.57. The van der Waals surface area contributed by atoms with E-state index < -0.39 is 0 Å². The van der Waals surface area contributed by atoms with Crippen LogP contribution in [0, 0.1) is 11.8 Å². The lowest BCUT2D eigenvalue weighted by molar-refractivity contribution is 0.282. The lowest BCUT2D eigenvalue weighted by Gasteiger charge is -1.95. The van der Waals surface area contributed by atoms with Crippen LogP contribution in [0.25, 0.3) is 11.0 Å². The average molecular weight is 248 g/mol. The molecule has 2 aromatic heterocycles. The standard InChI is InChI=1S/C16H12N2O/c19-11-13-3-1-12(2-4-13)5-6-14-7-9-17-16-15(14)8-10-18-16/h1-4,7-10,19H,11H2,(H,17,18). The lowest BCUT2D eigenvalue weighted by Crippen LogP contribution is -1.83. The van der Waals surface area contributed by atoms with Gasteiger partial charge in [0, 0.05) is 28.9 Å². The topological polar surface area (TPSA) is 48.9 Å². The zero-order valence-corrected chi connectivity index (χ0v) is 10.2. The van der Waals surface area contributed by atoms with Crippen LogP contribution in [0.4, 0.5) is 0 Å². The molecule has 0 atom stereocenters. The van der Waals surface area contributed by atoms with Gasteiger partial charge >= 0.3 is 0 Å². The molecule has 3 aromatic rings. The van der Waals surface area contributed by atoms with E-state index in [2.05, 4.69) is 21.8 Å². The van der Waals surface area contributed by atoms with Gasteiger partial charge in [-0.05, 0) is 29.8 Å². The minimum absolute atomic E-state index is 0.0576. The van der Waals surface area contributed by atoms with Gasteiger partial charge in [0.15, 0.2) is 0 Å². The molecular formula is C16H12N2O. The summed E-state index contributed by atoms with van der Waals surface area (Å²) in [6.45, 7) is 0.0576. The average Bonchev–Trinajstić information content (AvgIpc) is 2.94. The Labute approximate surface area is 110 Å². The van der Waals surface area contributed by atoms with Crippen molar-refractivity contribution in [2.45, 2.75) is 6.61 Å². The van der Waals surface area contributed by atoms with E-state index in [0.29, 0.717) is 0 Å². The van der Waals surface area contributed by atoms with Crippen molar-refractivity contribution in [1.82, 2.24) is 9.97 Å². The molecule has 92 valence electrons. The highest BCUT2D eigenvalue weighted by atomic mass is 16.3. The van der Waals surface area contributed by atoms with Crippen LogP contribution in [0.15, 0.2) is 48.8 Å². The molecule has 0 radical (unpaired) electrons. The van der Waals surface area contributed by atoms with Gasteiger partial charge in [-0.1, -0.05) is 24.0 Å². The van der Waals surface area contributed by atoms with E-state index in [-0.39, 0.29) is 6.61 Å². The molecular weight excluding hydrogens is 236 g/mol. The second-order valence-electron chi connectivity index (χ2n) is 4.20. The number of rotatable bonds is 1. The summed E-state index contributed by atoms with van der Waals surface area (Å²) in [5.41, 5.74) is 3.63. The first-order valence-electron chi connectivity index (χ1n) is 6.01. The number of nitrogens with one attached hydrogen (secondary N) is 1. The van der Waals surface area contributed by atoms with Crippen molar-refractivity contribution in [2.24, 2.45) is 0 Å². The number of H-pyrrole nitrogens is 1. The van der Waals surface area contributed by atoms with E-state index >= 15 is 0 Å². The summed E-state index contributed by atoms with van der Waals surface area (Å²) in [5, 5.41) is 10.0. The van der Waals surface area contributed by atoms with Crippen molar-refractivity contribution in [3.63, 3.8) is 0 Å². The van der Waals surface area contributed by atoms with Crippen molar-refractivity contribution in [1.29, 1.82) is 0 Å². The number of aliphatic hydroxyl groups is 1. The highest BCUT2D eigenvalue weighted by molar-refractivity contribution is 5.82. The van der Waals surface area contributed by atoms with Crippen molar-refractivity contribution < 1.29 is 5.11 Å². The molecule has 0 amide bonds. The van der Waals surface area contributed by atoms with Gasteiger partial charge in [0.1, 0.15) is 5.65 Å². The number of aliphatic hydroxyl groups excluding tert-OH is 1. The first kappa shape index (κ1) is 11.5. The number of hydrogen-bond donors (Lipinski definition) is 2. The number of hydrogen-bond acceptors (Lipinski definition) is 2. The molecule has 19 heavy (non-hydrogen) atoms. The molecule has 0 bridgehead atoms. The van der Waals surface area contributed by atoms with Crippen LogP contribution >= 0.6 is 0 Å². The Morgan fingerprint density at radius 2 is 1.89 bits per heavy atom. The number of fused-ring (bicyclic) bond motifs is 1. The first-order chi connectivity index (χ1) is 9.36. The highest BCUT2D eigenvalue weighted by Gasteiger charge is 1.99. The van der Waals surface area contributed by atoms with E-state index in [1.807, 2.05) is 42.6 Å². The second-order valence-corrected chi connectivity index (χ2v) is 4.20. The molecule has 0 unspecified atom stereocenters. The SMILES string of the molecule is OCc1ccc(C#Cc2ccnc3[nH]ccc23)cc1. The van der Waals surface area contributed by atoms with Crippen molar-refractivity contribution in [3.8, 4) is 11.8 Å². The van der Waals surface area contributed by atoms with E-state index in [4.69, 9.17) is 5.11 Å². The molecule has 0 aliphatic carbocycles. The third-order valence-corrected chi connectivity index (χ3v) is 2.94. The number of benzene rings is 1. The fourth-order valence-electron chi connectivity index (χ4n) is 1.90. The predicted octanol–water partition coefficient (Wildman–Crippen LogP) is 2.46. The summed E-state index contributed by atoms with van der Waals surface area (Å²) in [6.07, 6.45) is 3.61. The van der Waals surface area contributed by atoms with Gasteiger partial charge in [0.05, 0.1) is 6.61 Å². The van der Waals surface area contributed by atoms with Gasteiger partial charge in [-0.2, -0.15) is 0 Å². The van der Waals surface area contributed by atoms with Crippen LogP contribution in [0.5, 0.6) is 0 Å². The van der Waals surface area contributed by atoms with Gasteiger partial charge < -0.3 is 10.1 Å². The molecule has 2 N–H and O–H groups in total. The van der Waals surface area contributed by atoms with Crippen LogP contribution in [-0.2, 0) is 6.61 Å². The number of aromatic nitrogens is 2. The summed E-state index contributed by atoms with van der Waals surface area (Å²) >= 11 is 0. The predicted molar refractivity (Wildman–Crippen MR) is 74.4 cm³/mol. The van der Waals surface area contributed by atoms with Crippen LogP contribution in [0.3, 0.4) is 0 Å². The molecule has 1 aromatic carbocycles. The normalized spacial score (nSPS) is 10.2. The van der Waals surface area contributed by atoms with Crippen LogP contribution in [0.2, 0.25) is 0 Å². The van der Waals surface area contributed by atoms with Gasteiger partial charge in [0.2, 0.25) is 0 Å². The number of pyridine rings is 1. The Kier molecular flexibility index (Phi) is 3.01. The minimum atomic E-state index is 0.0576. The van der Waals surface area contributed by atoms with Gasteiger partial charge in [-0.3, -0.25) is 0 Å². The zero-order chi connectivity index (χ0) is 13.1. The summed E-state index contributed by atoms with van der Waals surface area (Å²) in [6, 6.07) is 11.5. The van der Waals surface area contributed by atoms with Crippen LogP contribution in [-0.4, -0.2) is 15.1 Å². The molecule has 0 saturated carbocycles. The summed E-state index contributed by atoms with van der Waals surface area (Å²) < 4.78 is 0. The molecule has 0 aliphatic heterocycles. The highest BCUT2D eigenvalue weighted by Crippen LogP contribution is 2.14.